The largest absolute Gasteiger partial charge is 0.481 e. The number of carbonyl (C=O) groups is 2. The van der Waals surface area contributed by atoms with Gasteiger partial charge in [-0.3, -0.25) is 9.78 Å². The first kappa shape index (κ1) is 17.4. The molecule has 0 fully saturated rings. The van der Waals surface area contributed by atoms with E-state index in [4.69, 9.17) is 10.2 Å². The average Bonchev–Trinajstić information content (AvgIpc) is 2.59. The molecule has 2 rings (SSSR count). The monoisotopic (exact) mass is 325 g/mol. The van der Waals surface area contributed by atoms with Crippen LogP contribution >= 0.6 is 0 Å². The molecule has 1 aromatic carbocycles. The normalized spacial score (nSPS) is 11.2. The summed E-state index contributed by atoms with van der Waals surface area (Å²) in [6.45, 7) is 0. The molecule has 5 heteroatoms. The predicted molar refractivity (Wildman–Crippen MR) is 90.8 cm³/mol. The van der Waals surface area contributed by atoms with Crippen molar-refractivity contribution in [1.29, 1.82) is 0 Å². The van der Waals surface area contributed by atoms with Gasteiger partial charge in [-0.1, -0.05) is 24.3 Å². The summed E-state index contributed by atoms with van der Waals surface area (Å²) in [5.74, 6) is -1.74. The van der Waals surface area contributed by atoms with Crippen LogP contribution in [0.25, 0.3) is 5.57 Å². The van der Waals surface area contributed by atoms with E-state index < -0.39 is 11.9 Å². The van der Waals surface area contributed by atoms with Gasteiger partial charge < -0.3 is 10.2 Å². The Labute approximate surface area is 140 Å². The number of carboxylic acid groups (broad SMARTS) is 2. The summed E-state index contributed by atoms with van der Waals surface area (Å²) in [5, 5.41) is 17.7. The minimum Gasteiger partial charge on any atom is -0.481 e. The lowest BCUT2D eigenvalue weighted by Crippen LogP contribution is -1.97. The Morgan fingerprint density at radius 2 is 1.67 bits per heavy atom. The summed E-state index contributed by atoms with van der Waals surface area (Å²) in [5.41, 5.74) is 3.06. The molecule has 0 unspecified atom stereocenters. The number of aromatic carboxylic acids is 1. The second kappa shape index (κ2) is 8.62. The lowest BCUT2D eigenvalue weighted by atomic mass is 9.96. The third-order valence-corrected chi connectivity index (χ3v) is 3.61. The van der Waals surface area contributed by atoms with E-state index in [1.54, 1.807) is 36.7 Å². The highest BCUT2D eigenvalue weighted by Gasteiger charge is 2.07. The molecule has 0 atom stereocenters. The molecule has 1 heterocycles. The minimum atomic E-state index is -0.956. The number of nitrogens with zero attached hydrogens (tertiary/aromatic N) is 1. The maximum atomic E-state index is 11.0. The van der Waals surface area contributed by atoms with Crippen molar-refractivity contribution >= 4 is 17.5 Å². The van der Waals surface area contributed by atoms with E-state index in [1.807, 2.05) is 12.1 Å². The molecule has 124 valence electrons. The Hall–Kier alpha value is -2.95. The van der Waals surface area contributed by atoms with Crippen molar-refractivity contribution in [2.45, 2.75) is 25.7 Å². The van der Waals surface area contributed by atoms with Crippen LogP contribution in [0.4, 0.5) is 0 Å². The number of carboxylic acids is 2. The molecule has 2 aromatic rings. The SMILES string of the molecule is O=C(O)CCCC/C=C(\c1ccc(C(=O)O)cc1)c1cccnc1. The number of hydrogen-bond donors (Lipinski definition) is 2. The number of hydrogen-bond acceptors (Lipinski definition) is 3. The van der Waals surface area contributed by atoms with Gasteiger partial charge in [-0.25, -0.2) is 4.79 Å². The highest BCUT2D eigenvalue weighted by atomic mass is 16.4. The van der Waals surface area contributed by atoms with Gasteiger partial charge in [0.25, 0.3) is 0 Å². The maximum Gasteiger partial charge on any atom is 0.335 e. The van der Waals surface area contributed by atoms with Crippen molar-refractivity contribution in [3.63, 3.8) is 0 Å². The summed E-state index contributed by atoms with van der Waals surface area (Å²) in [4.78, 5) is 25.7. The summed E-state index contributed by atoms with van der Waals surface area (Å²) in [6.07, 6.45) is 7.83. The zero-order chi connectivity index (χ0) is 17.4. The van der Waals surface area contributed by atoms with Crippen molar-refractivity contribution in [3.05, 3.63) is 71.6 Å². The van der Waals surface area contributed by atoms with Crippen LogP contribution in [-0.4, -0.2) is 27.1 Å². The van der Waals surface area contributed by atoms with Crippen LogP contribution < -0.4 is 0 Å². The lowest BCUT2D eigenvalue weighted by Gasteiger charge is -2.09. The zero-order valence-electron chi connectivity index (χ0n) is 13.2. The van der Waals surface area contributed by atoms with Crippen molar-refractivity contribution in [2.24, 2.45) is 0 Å². The molecule has 2 N–H and O–H groups in total. The number of allylic oxidation sites excluding steroid dienone is 1. The highest BCUT2D eigenvalue weighted by molar-refractivity contribution is 5.88. The summed E-state index contributed by atoms with van der Waals surface area (Å²) >= 11 is 0. The molecule has 1 aromatic heterocycles. The number of unbranched alkanes of at least 4 members (excludes halogenated alkanes) is 2. The minimum absolute atomic E-state index is 0.170. The van der Waals surface area contributed by atoms with Crippen molar-refractivity contribution in [3.8, 4) is 0 Å². The quantitative estimate of drug-likeness (QED) is 0.720. The van der Waals surface area contributed by atoms with Gasteiger partial charge in [0, 0.05) is 24.4 Å². The fourth-order valence-electron chi connectivity index (χ4n) is 2.38. The van der Waals surface area contributed by atoms with Crippen LogP contribution in [-0.2, 0) is 4.79 Å². The Bertz CT molecular complexity index is 721. The molecule has 5 nitrogen and oxygen atoms in total. The topological polar surface area (TPSA) is 87.5 Å². The van der Waals surface area contributed by atoms with Gasteiger partial charge in [0.15, 0.2) is 0 Å². The Morgan fingerprint density at radius 1 is 0.958 bits per heavy atom. The van der Waals surface area contributed by atoms with Crippen molar-refractivity contribution in [2.75, 3.05) is 0 Å². The van der Waals surface area contributed by atoms with Gasteiger partial charge >= 0.3 is 11.9 Å². The maximum absolute atomic E-state index is 11.0. The first-order valence-electron chi connectivity index (χ1n) is 7.74. The summed E-state index contributed by atoms with van der Waals surface area (Å²) in [7, 11) is 0. The molecular formula is C19H19NO4. The van der Waals surface area contributed by atoms with Crippen molar-refractivity contribution in [1.82, 2.24) is 4.98 Å². The van der Waals surface area contributed by atoms with E-state index in [0.29, 0.717) is 6.42 Å². The third kappa shape index (κ3) is 5.05. The lowest BCUT2D eigenvalue weighted by molar-refractivity contribution is -0.137. The van der Waals surface area contributed by atoms with Crippen molar-refractivity contribution < 1.29 is 19.8 Å². The van der Waals surface area contributed by atoms with Gasteiger partial charge in [-0.15, -0.1) is 0 Å². The molecule has 24 heavy (non-hydrogen) atoms. The molecule has 0 aliphatic heterocycles. The van der Waals surface area contributed by atoms with E-state index in [2.05, 4.69) is 11.1 Å². The summed E-state index contributed by atoms with van der Waals surface area (Å²) in [6, 6.07) is 10.5. The Kier molecular flexibility index (Phi) is 6.25. The van der Waals surface area contributed by atoms with Gasteiger partial charge in [-0.05, 0) is 48.6 Å². The van der Waals surface area contributed by atoms with Crippen LogP contribution in [0.1, 0.15) is 47.2 Å². The van der Waals surface area contributed by atoms with E-state index >= 15 is 0 Å². The summed E-state index contributed by atoms with van der Waals surface area (Å²) < 4.78 is 0. The molecule has 0 radical (unpaired) electrons. The van der Waals surface area contributed by atoms with Gasteiger partial charge in [0.2, 0.25) is 0 Å². The van der Waals surface area contributed by atoms with Crippen LogP contribution in [0.2, 0.25) is 0 Å². The number of aliphatic carboxylic acids is 1. The van der Waals surface area contributed by atoms with E-state index in [1.165, 1.54) is 0 Å². The fourth-order valence-corrected chi connectivity index (χ4v) is 2.38. The predicted octanol–water partition coefficient (Wildman–Crippen LogP) is 3.86. The second-order valence-electron chi connectivity index (χ2n) is 5.38. The highest BCUT2D eigenvalue weighted by Crippen LogP contribution is 2.24. The molecule has 0 aliphatic carbocycles. The van der Waals surface area contributed by atoms with Gasteiger partial charge in [-0.2, -0.15) is 0 Å². The number of benzene rings is 1. The first-order chi connectivity index (χ1) is 11.6. The van der Waals surface area contributed by atoms with Gasteiger partial charge in [0.1, 0.15) is 0 Å². The molecule has 0 saturated heterocycles. The molecule has 0 spiro atoms. The molecular weight excluding hydrogens is 306 g/mol. The zero-order valence-corrected chi connectivity index (χ0v) is 13.2. The number of pyridine rings is 1. The first-order valence-corrected chi connectivity index (χ1v) is 7.74. The number of rotatable bonds is 8. The van der Waals surface area contributed by atoms with E-state index in [0.717, 1.165) is 29.5 Å². The second-order valence-corrected chi connectivity index (χ2v) is 5.38. The molecule has 0 saturated carbocycles. The van der Waals surface area contributed by atoms with Crippen LogP contribution in [0.3, 0.4) is 0 Å². The fraction of sp³-hybridized carbons (Fsp3) is 0.211. The Morgan fingerprint density at radius 3 is 2.25 bits per heavy atom. The molecule has 0 bridgehead atoms. The van der Waals surface area contributed by atoms with Crippen LogP contribution in [0.15, 0.2) is 54.9 Å². The smallest absolute Gasteiger partial charge is 0.335 e. The van der Waals surface area contributed by atoms with E-state index in [-0.39, 0.29) is 12.0 Å². The molecule has 0 aliphatic rings. The third-order valence-electron chi connectivity index (χ3n) is 3.61. The standard InChI is InChI=1S/C19H19NO4/c21-18(22)7-3-1-2-6-17(16-5-4-12-20-13-16)14-8-10-15(11-9-14)19(23)24/h4-6,8-13H,1-3,7H2,(H,21,22)(H,23,24)/b17-6+. The van der Waals surface area contributed by atoms with Crippen LogP contribution in [0, 0.1) is 0 Å². The van der Waals surface area contributed by atoms with E-state index in [9.17, 15) is 9.59 Å². The average molecular weight is 325 g/mol. The van der Waals surface area contributed by atoms with Gasteiger partial charge in [0.05, 0.1) is 5.56 Å². The number of aromatic nitrogens is 1. The molecule has 0 amide bonds. The Balaban J connectivity index is 2.20. The van der Waals surface area contributed by atoms with Crippen LogP contribution in [0.5, 0.6) is 0 Å².